The van der Waals surface area contributed by atoms with E-state index in [-0.39, 0.29) is 17.2 Å². The third-order valence-electron chi connectivity index (χ3n) is 4.75. The molecule has 0 amide bonds. The third kappa shape index (κ3) is 3.57. The van der Waals surface area contributed by atoms with Crippen LogP contribution in [0.15, 0.2) is 59.4 Å². The second kappa shape index (κ2) is 7.25. The zero-order chi connectivity index (χ0) is 21.6. The van der Waals surface area contributed by atoms with E-state index >= 15 is 0 Å². The SMILES string of the molecule is Cc1ccc(-n2c(C)nc3nc(-c4ccc(Cl)cc4)cc(C(F)(F)F)c3c2=O)cc1. The normalized spacial score (nSPS) is 11.8. The maximum absolute atomic E-state index is 13.9. The molecule has 0 spiro atoms. The van der Waals surface area contributed by atoms with Crippen LogP contribution in [0.5, 0.6) is 0 Å². The molecule has 4 rings (SSSR count). The largest absolute Gasteiger partial charge is 0.417 e. The van der Waals surface area contributed by atoms with Gasteiger partial charge in [-0.05, 0) is 44.2 Å². The number of benzene rings is 2. The summed E-state index contributed by atoms with van der Waals surface area (Å²) in [6, 6.07) is 14.0. The molecule has 0 aliphatic carbocycles. The summed E-state index contributed by atoms with van der Waals surface area (Å²) >= 11 is 5.87. The van der Waals surface area contributed by atoms with E-state index in [4.69, 9.17) is 11.6 Å². The molecular formula is C22H15ClF3N3O. The Balaban J connectivity index is 2.05. The van der Waals surface area contributed by atoms with Crippen molar-refractivity contribution in [2.75, 3.05) is 0 Å². The molecule has 0 atom stereocenters. The van der Waals surface area contributed by atoms with Crippen LogP contribution in [0.2, 0.25) is 5.02 Å². The predicted octanol–water partition coefficient (Wildman–Crippen LogP) is 5.74. The number of aryl methyl sites for hydroxylation is 2. The first-order chi connectivity index (χ1) is 14.1. The number of pyridine rings is 1. The lowest BCUT2D eigenvalue weighted by Gasteiger charge is -2.15. The molecule has 0 N–H and O–H groups in total. The Kier molecular flexibility index (Phi) is 4.86. The highest BCUT2D eigenvalue weighted by Gasteiger charge is 2.35. The lowest BCUT2D eigenvalue weighted by atomic mass is 10.1. The van der Waals surface area contributed by atoms with Gasteiger partial charge in [0.15, 0.2) is 5.65 Å². The molecule has 0 bridgehead atoms. The highest BCUT2D eigenvalue weighted by Crippen LogP contribution is 2.35. The Morgan fingerprint density at radius 2 is 1.57 bits per heavy atom. The van der Waals surface area contributed by atoms with Gasteiger partial charge >= 0.3 is 6.18 Å². The number of hydrogen-bond acceptors (Lipinski definition) is 3. The molecule has 0 aliphatic heterocycles. The summed E-state index contributed by atoms with van der Waals surface area (Å²) < 4.78 is 42.9. The van der Waals surface area contributed by atoms with E-state index in [1.54, 1.807) is 55.5 Å². The molecular weight excluding hydrogens is 415 g/mol. The van der Waals surface area contributed by atoms with Crippen molar-refractivity contribution in [3.05, 3.63) is 86.9 Å². The van der Waals surface area contributed by atoms with Crippen LogP contribution in [0.3, 0.4) is 0 Å². The van der Waals surface area contributed by atoms with Crippen LogP contribution in [-0.4, -0.2) is 14.5 Å². The van der Waals surface area contributed by atoms with E-state index in [0.29, 0.717) is 16.3 Å². The summed E-state index contributed by atoms with van der Waals surface area (Å²) in [6.45, 7) is 3.44. The topological polar surface area (TPSA) is 47.8 Å². The van der Waals surface area contributed by atoms with Gasteiger partial charge in [-0.2, -0.15) is 13.2 Å². The van der Waals surface area contributed by atoms with Crippen LogP contribution in [0, 0.1) is 13.8 Å². The summed E-state index contributed by atoms with van der Waals surface area (Å²) in [5.74, 6) is 0.241. The van der Waals surface area contributed by atoms with E-state index in [9.17, 15) is 18.0 Å². The van der Waals surface area contributed by atoms with Gasteiger partial charge in [0.25, 0.3) is 5.56 Å². The minimum Gasteiger partial charge on any atom is -0.268 e. The van der Waals surface area contributed by atoms with Crippen LogP contribution >= 0.6 is 11.6 Å². The average Bonchev–Trinajstić information content (AvgIpc) is 2.68. The number of fused-ring (bicyclic) bond motifs is 1. The number of rotatable bonds is 2. The van der Waals surface area contributed by atoms with Gasteiger partial charge in [0, 0.05) is 10.6 Å². The van der Waals surface area contributed by atoms with Gasteiger partial charge in [-0.15, -0.1) is 0 Å². The molecule has 30 heavy (non-hydrogen) atoms. The van der Waals surface area contributed by atoms with Crippen LogP contribution in [0.4, 0.5) is 13.2 Å². The molecule has 2 heterocycles. The molecule has 8 heteroatoms. The zero-order valence-corrected chi connectivity index (χ0v) is 16.7. The van der Waals surface area contributed by atoms with E-state index < -0.39 is 22.7 Å². The van der Waals surface area contributed by atoms with Crippen molar-refractivity contribution in [3.8, 4) is 16.9 Å². The molecule has 0 saturated carbocycles. The van der Waals surface area contributed by atoms with E-state index in [1.807, 2.05) is 6.92 Å². The molecule has 0 aliphatic rings. The number of alkyl halides is 3. The second-order valence-electron chi connectivity index (χ2n) is 6.89. The monoisotopic (exact) mass is 429 g/mol. The number of halogens is 4. The van der Waals surface area contributed by atoms with Crippen molar-refractivity contribution in [2.45, 2.75) is 20.0 Å². The summed E-state index contributed by atoms with van der Waals surface area (Å²) in [6.07, 6.45) is -4.76. The minimum atomic E-state index is -4.76. The molecule has 0 unspecified atom stereocenters. The molecule has 4 aromatic rings. The predicted molar refractivity (Wildman–Crippen MR) is 110 cm³/mol. The Morgan fingerprint density at radius 1 is 0.933 bits per heavy atom. The molecule has 152 valence electrons. The van der Waals surface area contributed by atoms with E-state index in [0.717, 1.165) is 11.6 Å². The molecule has 0 fully saturated rings. The maximum atomic E-state index is 13.9. The average molecular weight is 430 g/mol. The van der Waals surface area contributed by atoms with Gasteiger partial charge < -0.3 is 0 Å². The fourth-order valence-corrected chi connectivity index (χ4v) is 3.40. The van der Waals surface area contributed by atoms with Crippen LogP contribution in [0.1, 0.15) is 17.0 Å². The molecule has 0 saturated heterocycles. The van der Waals surface area contributed by atoms with E-state index in [2.05, 4.69) is 9.97 Å². The Hall–Kier alpha value is -3.19. The Labute approximate surface area is 174 Å². The lowest BCUT2D eigenvalue weighted by molar-refractivity contribution is -0.136. The summed E-state index contributed by atoms with van der Waals surface area (Å²) in [4.78, 5) is 21.7. The van der Waals surface area contributed by atoms with E-state index in [1.165, 1.54) is 4.57 Å². The highest BCUT2D eigenvalue weighted by molar-refractivity contribution is 6.30. The second-order valence-corrected chi connectivity index (χ2v) is 7.33. The van der Waals surface area contributed by atoms with Crippen LogP contribution in [-0.2, 0) is 6.18 Å². The Morgan fingerprint density at radius 3 is 2.17 bits per heavy atom. The first kappa shape index (κ1) is 20.1. The lowest BCUT2D eigenvalue weighted by Crippen LogP contribution is -2.25. The zero-order valence-electron chi connectivity index (χ0n) is 16.0. The fraction of sp³-hybridized carbons (Fsp3) is 0.136. The van der Waals surface area contributed by atoms with Crippen molar-refractivity contribution in [3.63, 3.8) is 0 Å². The molecule has 0 radical (unpaired) electrons. The third-order valence-corrected chi connectivity index (χ3v) is 5.00. The van der Waals surface area contributed by atoms with Gasteiger partial charge in [0.1, 0.15) is 5.82 Å². The molecule has 4 nitrogen and oxygen atoms in total. The van der Waals surface area contributed by atoms with Crippen molar-refractivity contribution in [2.24, 2.45) is 0 Å². The van der Waals surface area contributed by atoms with Crippen molar-refractivity contribution in [1.29, 1.82) is 0 Å². The highest BCUT2D eigenvalue weighted by atomic mass is 35.5. The van der Waals surface area contributed by atoms with Gasteiger partial charge in [0.2, 0.25) is 0 Å². The fourth-order valence-electron chi connectivity index (χ4n) is 3.28. The number of aromatic nitrogens is 3. The van der Waals surface area contributed by atoms with Crippen LogP contribution in [0.25, 0.3) is 28.0 Å². The van der Waals surface area contributed by atoms with Gasteiger partial charge in [-0.1, -0.05) is 41.4 Å². The first-order valence-electron chi connectivity index (χ1n) is 9.00. The number of hydrogen-bond donors (Lipinski definition) is 0. The summed E-state index contributed by atoms with van der Waals surface area (Å²) in [5, 5.41) is -0.114. The quantitative estimate of drug-likeness (QED) is 0.408. The van der Waals surface area contributed by atoms with Gasteiger partial charge in [-0.25, -0.2) is 9.97 Å². The van der Waals surface area contributed by atoms with Crippen molar-refractivity contribution < 1.29 is 13.2 Å². The minimum absolute atomic E-state index is 0.0610. The van der Waals surface area contributed by atoms with Crippen molar-refractivity contribution in [1.82, 2.24) is 14.5 Å². The Bertz CT molecular complexity index is 1310. The maximum Gasteiger partial charge on any atom is 0.417 e. The van der Waals surface area contributed by atoms with Crippen molar-refractivity contribution >= 4 is 22.6 Å². The summed E-state index contributed by atoms with van der Waals surface area (Å²) in [7, 11) is 0. The number of nitrogens with zero attached hydrogens (tertiary/aromatic N) is 3. The van der Waals surface area contributed by atoms with Gasteiger partial charge in [0.05, 0.1) is 22.3 Å². The molecule has 2 aromatic carbocycles. The van der Waals surface area contributed by atoms with Gasteiger partial charge in [-0.3, -0.25) is 9.36 Å². The first-order valence-corrected chi connectivity index (χ1v) is 9.37. The standard InChI is InChI=1S/C22H15ClF3N3O/c1-12-3-9-16(10-4-12)29-13(2)27-20-19(21(29)30)17(22(24,25)26)11-18(28-20)14-5-7-15(23)8-6-14/h3-11H,1-2H3. The summed E-state index contributed by atoms with van der Waals surface area (Å²) in [5.41, 5.74) is -0.240. The van der Waals surface area contributed by atoms with Crippen LogP contribution < -0.4 is 5.56 Å². The molecule has 2 aromatic heterocycles. The smallest absolute Gasteiger partial charge is 0.268 e.